The van der Waals surface area contributed by atoms with Crippen molar-refractivity contribution in [2.45, 2.75) is 13.0 Å². The van der Waals surface area contributed by atoms with E-state index in [2.05, 4.69) is 15.5 Å². The van der Waals surface area contributed by atoms with Crippen LogP contribution in [0.5, 0.6) is 0 Å². The highest BCUT2D eigenvalue weighted by Crippen LogP contribution is 2.26. The SMILES string of the molecule is CC(NC(=O)c1cc(-c2ccncc2)on1)c1ccc(Cl)cc1Cl. The third-order valence-electron chi connectivity index (χ3n) is 3.48. The second kappa shape index (κ2) is 7.03. The third-order valence-corrected chi connectivity index (χ3v) is 4.05. The first kappa shape index (κ1) is 16.5. The minimum atomic E-state index is -0.349. The molecule has 2 heterocycles. The van der Waals surface area contributed by atoms with Gasteiger partial charge >= 0.3 is 0 Å². The van der Waals surface area contributed by atoms with Gasteiger partial charge in [0.1, 0.15) is 0 Å². The predicted molar refractivity (Wildman–Crippen MR) is 92.1 cm³/mol. The summed E-state index contributed by atoms with van der Waals surface area (Å²) < 4.78 is 5.22. The molecule has 5 nitrogen and oxygen atoms in total. The van der Waals surface area contributed by atoms with Crippen LogP contribution in [0.1, 0.15) is 29.0 Å². The summed E-state index contributed by atoms with van der Waals surface area (Å²) in [6, 6.07) is 9.98. The van der Waals surface area contributed by atoms with Crippen LogP contribution in [-0.4, -0.2) is 16.0 Å². The normalized spacial score (nSPS) is 12.0. The molecule has 3 rings (SSSR count). The number of pyridine rings is 1. The average Bonchev–Trinajstić information content (AvgIpc) is 3.05. The minimum Gasteiger partial charge on any atom is -0.355 e. The van der Waals surface area contributed by atoms with E-state index in [9.17, 15) is 4.79 Å². The molecule has 1 aromatic carbocycles. The number of carbonyl (C=O) groups excluding carboxylic acids is 1. The zero-order chi connectivity index (χ0) is 17.1. The van der Waals surface area contributed by atoms with E-state index in [1.165, 1.54) is 0 Å². The van der Waals surface area contributed by atoms with Crippen LogP contribution in [0.15, 0.2) is 53.3 Å². The molecule has 0 bridgehead atoms. The maximum Gasteiger partial charge on any atom is 0.273 e. The number of nitrogens with zero attached hydrogens (tertiary/aromatic N) is 2. The van der Waals surface area contributed by atoms with Gasteiger partial charge in [-0.05, 0) is 36.8 Å². The fraction of sp³-hybridized carbons (Fsp3) is 0.118. The summed E-state index contributed by atoms with van der Waals surface area (Å²) in [6.07, 6.45) is 3.28. The molecule has 24 heavy (non-hydrogen) atoms. The number of rotatable bonds is 4. The summed E-state index contributed by atoms with van der Waals surface area (Å²) in [6.45, 7) is 1.83. The van der Waals surface area contributed by atoms with Crippen molar-refractivity contribution in [3.63, 3.8) is 0 Å². The lowest BCUT2D eigenvalue weighted by Gasteiger charge is -2.15. The molecule has 1 unspecified atom stereocenters. The quantitative estimate of drug-likeness (QED) is 0.740. The molecule has 0 aliphatic carbocycles. The Balaban J connectivity index is 1.74. The van der Waals surface area contributed by atoms with E-state index >= 15 is 0 Å². The van der Waals surface area contributed by atoms with E-state index in [1.807, 2.05) is 6.92 Å². The first-order chi connectivity index (χ1) is 11.5. The Morgan fingerprint density at radius 1 is 1.17 bits per heavy atom. The van der Waals surface area contributed by atoms with E-state index in [0.29, 0.717) is 15.8 Å². The Morgan fingerprint density at radius 3 is 2.62 bits per heavy atom. The Bertz CT molecular complexity index is 865. The van der Waals surface area contributed by atoms with Crippen LogP contribution < -0.4 is 5.32 Å². The van der Waals surface area contributed by atoms with Crippen molar-refractivity contribution in [3.8, 4) is 11.3 Å². The van der Waals surface area contributed by atoms with Gasteiger partial charge in [-0.2, -0.15) is 0 Å². The molecule has 0 aliphatic heterocycles. The lowest BCUT2D eigenvalue weighted by atomic mass is 10.1. The van der Waals surface area contributed by atoms with Gasteiger partial charge in [-0.25, -0.2) is 0 Å². The maximum atomic E-state index is 12.3. The van der Waals surface area contributed by atoms with Gasteiger partial charge in [0.2, 0.25) is 0 Å². The Hall–Kier alpha value is -2.37. The molecule has 1 N–H and O–H groups in total. The van der Waals surface area contributed by atoms with Crippen molar-refractivity contribution in [2.24, 2.45) is 0 Å². The number of hydrogen-bond acceptors (Lipinski definition) is 4. The highest BCUT2D eigenvalue weighted by Gasteiger charge is 2.18. The molecule has 3 aromatic rings. The second-order valence-electron chi connectivity index (χ2n) is 5.17. The lowest BCUT2D eigenvalue weighted by molar-refractivity contribution is 0.0931. The maximum absolute atomic E-state index is 12.3. The number of aromatic nitrogens is 2. The van der Waals surface area contributed by atoms with E-state index in [1.54, 1.807) is 48.8 Å². The number of carbonyl (C=O) groups is 1. The Morgan fingerprint density at radius 2 is 1.92 bits per heavy atom. The topological polar surface area (TPSA) is 68.0 Å². The van der Waals surface area contributed by atoms with E-state index < -0.39 is 0 Å². The molecule has 1 amide bonds. The summed E-state index contributed by atoms with van der Waals surface area (Å²) in [4.78, 5) is 16.3. The summed E-state index contributed by atoms with van der Waals surface area (Å²) in [5.41, 5.74) is 1.76. The van der Waals surface area contributed by atoms with Gasteiger partial charge in [0, 0.05) is 34.1 Å². The van der Waals surface area contributed by atoms with Crippen LogP contribution in [-0.2, 0) is 0 Å². The minimum absolute atomic E-state index is 0.193. The first-order valence-electron chi connectivity index (χ1n) is 7.17. The highest BCUT2D eigenvalue weighted by atomic mass is 35.5. The number of amides is 1. The van der Waals surface area contributed by atoms with Crippen LogP contribution in [0, 0.1) is 0 Å². The highest BCUT2D eigenvalue weighted by molar-refractivity contribution is 6.35. The zero-order valence-electron chi connectivity index (χ0n) is 12.7. The van der Waals surface area contributed by atoms with Gasteiger partial charge in [-0.3, -0.25) is 9.78 Å². The Labute approximate surface area is 148 Å². The number of halogens is 2. The summed E-state index contributed by atoms with van der Waals surface area (Å²) >= 11 is 12.0. The molecule has 0 aliphatic rings. The lowest BCUT2D eigenvalue weighted by Crippen LogP contribution is -2.27. The second-order valence-corrected chi connectivity index (χ2v) is 6.02. The van der Waals surface area contributed by atoms with E-state index in [4.69, 9.17) is 27.7 Å². The molecule has 1 atom stereocenters. The van der Waals surface area contributed by atoms with Crippen molar-refractivity contribution >= 4 is 29.1 Å². The van der Waals surface area contributed by atoms with Crippen molar-refractivity contribution in [3.05, 3.63) is 70.1 Å². The third kappa shape index (κ3) is 3.58. The van der Waals surface area contributed by atoms with Crippen LogP contribution in [0.2, 0.25) is 10.0 Å². The van der Waals surface area contributed by atoms with Crippen LogP contribution in [0.3, 0.4) is 0 Å². The van der Waals surface area contributed by atoms with Crippen molar-refractivity contribution in [1.82, 2.24) is 15.5 Å². The number of nitrogens with one attached hydrogen (secondary N) is 1. The largest absolute Gasteiger partial charge is 0.355 e. The fourth-order valence-electron chi connectivity index (χ4n) is 2.24. The predicted octanol–water partition coefficient (Wildman–Crippen LogP) is 4.53. The van der Waals surface area contributed by atoms with Crippen LogP contribution in [0.4, 0.5) is 0 Å². The number of hydrogen-bond donors (Lipinski definition) is 1. The molecule has 0 saturated heterocycles. The molecule has 0 radical (unpaired) electrons. The summed E-state index contributed by atoms with van der Waals surface area (Å²) in [5, 5.41) is 7.69. The molecular formula is C17H13Cl2N3O2. The molecule has 122 valence electrons. The van der Waals surface area contributed by atoms with Crippen LogP contribution in [0.25, 0.3) is 11.3 Å². The molecule has 0 fully saturated rings. The van der Waals surface area contributed by atoms with Gasteiger partial charge in [0.25, 0.3) is 5.91 Å². The average molecular weight is 362 g/mol. The molecule has 0 saturated carbocycles. The molecule has 2 aromatic heterocycles. The zero-order valence-corrected chi connectivity index (χ0v) is 14.2. The standard InChI is InChI=1S/C17H13Cl2N3O2/c1-10(13-3-2-12(18)8-14(13)19)21-17(23)15-9-16(24-22-15)11-4-6-20-7-5-11/h2-10H,1H3,(H,21,23). The smallest absolute Gasteiger partial charge is 0.273 e. The van der Waals surface area contributed by atoms with Crippen molar-refractivity contribution < 1.29 is 9.32 Å². The summed E-state index contributed by atoms with van der Waals surface area (Å²) in [5.74, 6) is 0.150. The van der Waals surface area contributed by atoms with Crippen molar-refractivity contribution in [1.29, 1.82) is 0 Å². The monoisotopic (exact) mass is 361 g/mol. The Kier molecular flexibility index (Phi) is 4.83. The van der Waals surface area contributed by atoms with Gasteiger partial charge in [-0.1, -0.05) is 34.4 Å². The van der Waals surface area contributed by atoms with E-state index in [0.717, 1.165) is 11.1 Å². The van der Waals surface area contributed by atoms with Gasteiger partial charge < -0.3 is 9.84 Å². The van der Waals surface area contributed by atoms with Gasteiger partial charge in [-0.15, -0.1) is 0 Å². The summed E-state index contributed by atoms with van der Waals surface area (Å²) in [7, 11) is 0. The molecule has 0 spiro atoms. The molecule has 7 heteroatoms. The van der Waals surface area contributed by atoms with E-state index in [-0.39, 0.29) is 17.6 Å². The number of benzene rings is 1. The van der Waals surface area contributed by atoms with Crippen LogP contribution >= 0.6 is 23.2 Å². The fourth-order valence-corrected chi connectivity index (χ4v) is 2.81. The van der Waals surface area contributed by atoms with Crippen molar-refractivity contribution in [2.75, 3.05) is 0 Å². The molecular weight excluding hydrogens is 349 g/mol. The van der Waals surface area contributed by atoms with Gasteiger partial charge in [0.15, 0.2) is 11.5 Å². The van der Waals surface area contributed by atoms with Gasteiger partial charge in [0.05, 0.1) is 6.04 Å². The first-order valence-corrected chi connectivity index (χ1v) is 7.93.